The lowest BCUT2D eigenvalue weighted by Crippen LogP contribution is -2.25. The van der Waals surface area contributed by atoms with Gasteiger partial charge in [0.15, 0.2) is 0 Å². The van der Waals surface area contributed by atoms with Gasteiger partial charge in [0.05, 0.1) is 14.9 Å². The van der Waals surface area contributed by atoms with Crippen molar-refractivity contribution in [1.82, 2.24) is 10.3 Å². The number of rotatable bonds is 5. The second-order valence-electron chi connectivity index (χ2n) is 5.88. The number of amides is 1. The summed E-state index contributed by atoms with van der Waals surface area (Å²) in [7, 11) is 0. The molecule has 6 heteroatoms. The van der Waals surface area contributed by atoms with E-state index in [1.807, 2.05) is 68.4 Å². The van der Waals surface area contributed by atoms with E-state index in [1.54, 1.807) is 0 Å². The van der Waals surface area contributed by atoms with E-state index in [0.717, 1.165) is 27.4 Å². The molecule has 2 heterocycles. The molecule has 0 fully saturated rings. The predicted octanol–water partition coefficient (Wildman–Crippen LogP) is 5.76. The molecule has 0 radical (unpaired) electrons. The largest absolute Gasteiger partial charge is 0.442 e. The number of nitrogens with one attached hydrogen (secondary N) is 1. The van der Waals surface area contributed by atoms with Gasteiger partial charge in [0, 0.05) is 12.2 Å². The Labute approximate surface area is 161 Å². The van der Waals surface area contributed by atoms with Gasteiger partial charge in [0.25, 0.3) is 0 Å². The van der Waals surface area contributed by atoms with E-state index < -0.39 is 6.09 Å². The van der Waals surface area contributed by atoms with Gasteiger partial charge in [-0.1, -0.05) is 48.0 Å². The van der Waals surface area contributed by atoms with Gasteiger partial charge < -0.3 is 10.1 Å². The molecule has 26 heavy (non-hydrogen) atoms. The van der Waals surface area contributed by atoms with Gasteiger partial charge in [-0.25, -0.2) is 4.79 Å². The highest BCUT2D eigenvalue weighted by molar-refractivity contribution is 7.19. The van der Waals surface area contributed by atoms with Crippen LogP contribution in [0.3, 0.4) is 0 Å². The highest BCUT2D eigenvalue weighted by atomic mass is 35.5. The molecule has 0 saturated heterocycles. The van der Waals surface area contributed by atoms with Crippen molar-refractivity contribution < 1.29 is 9.53 Å². The maximum absolute atomic E-state index is 12.1. The van der Waals surface area contributed by atoms with Crippen molar-refractivity contribution in [3.8, 4) is 10.6 Å². The Bertz CT molecular complexity index is 896. The molecule has 3 aromatic rings. The molecule has 1 atom stereocenters. The van der Waals surface area contributed by atoms with Crippen LogP contribution in [-0.2, 0) is 11.3 Å². The number of halogens is 1. The number of hydrogen-bond donors (Lipinski definition) is 1. The standard InChI is InChI=1S/C20H19ClN2O2S/c1-13-7-6-10-17(23-13)19-16(11-18(21)26-19)12-22-20(24)25-14(2)15-8-4-3-5-9-15/h3-11,14H,12H2,1-2H3,(H,22,24)/t14-/m0/s1. The number of hydrogen-bond acceptors (Lipinski definition) is 4. The summed E-state index contributed by atoms with van der Waals surface area (Å²) in [6.07, 6.45) is -0.785. The first-order valence-electron chi connectivity index (χ1n) is 8.24. The van der Waals surface area contributed by atoms with Crippen LogP contribution in [-0.4, -0.2) is 11.1 Å². The number of nitrogens with zero attached hydrogens (tertiary/aromatic N) is 1. The number of carbonyl (C=O) groups excluding carboxylic acids is 1. The average molecular weight is 387 g/mol. The number of benzene rings is 1. The SMILES string of the molecule is Cc1cccc(-c2sc(Cl)cc2CNC(=O)O[C@@H](C)c2ccccc2)n1. The van der Waals surface area contributed by atoms with Crippen molar-refractivity contribution in [2.75, 3.05) is 0 Å². The normalized spacial score (nSPS) is 11.8. The number of ether oxygens (including phenoxy) is 1. The van der Waals surface area contributed by atoms with E-state index in [1.165, 1.54) is 11.3 Å². The lowest BCUT2D eigenvalue weighted by atomic mass is 10.1. The zero-order valence-corrected chi connectivity index (χ0v) is 16.1. The third-order valence-corrected chi connectivity index (χ3v) is 5.20. The summed E-state index contributed by atoms with van der Waals surface area (Å²) in [4.78, 5) is 17.6. The summed E-state index contributed by atoms with van der Waals surface area (Å²) in [6, 6.07) is 17.3. The van der Waals surface area contributed by atoms with Gasteiger partial charge in [-0.05, 0) is 43.2 Å². The number of carbonyl (C=O) groups is 1. The minimum Gasteiger partial charge on any atom is -0.442 e. The molecular formula is C20H19ClN2O2S. The van der Waals surface area contributed by atoms with Crippen LogP contribution in [0.5, 0.6) is 0 Å². The van der Waals surface area contributed by atoms with E-state index in [4.69, 9.17) is 16.3 Å². The molecule has 4 nitrogen and oxygen atoms in total. The van der Waals surface area contributed by atoms with Crippen LogP contribution in [0.2, 0.25) is 4.34 Å². The summed E-state index contributed by atoms with van der Waals surface area (Å²) >= 11 is 7.63. The lowest BCUT2D eigenvalue weighted by Gasteiger charge is -2.14. The van der Waals surface area contributed by atoms with Crippen LogP contribution in [0, 0.1) is 6.92 Å². The summed E-state index contributed by atoms with van der Waals surface area (Å²) in [5.74, 6) is 0. The van der Waals surface area contributed by atoms with Gasteiger partial charge in [-0.15, -0.1) is 11.3 Å². The minimum atomic E-state index is -0.466. The molecule has 1 aromatic carbocycles. The Balaban J connectivity index is 1.66. The van der Waals surface area contributed by atoms with E-state index >= 15 is 0 Å². The van der Waals surface area contributed by atoms with Crippen molar-refractivity contribution >= 4 is 29.0 Å². The molecule has 2 aromatic heterocycles. The Morgan fingerprint density at radius 3 is 2.73 bits per heavy atom. The quantitative estimate of drug-likeness (QED) is 0.606. The van der Waals surface area contributed by atoms with Crippen molar-refractivity contribution in [1.29, 1.82) is 0 Å². The summed E-state index contributed by atoms with van der Waals surface area (Å²) < 4.78 is 6.09. The highest BCUT2D eigenvalue weighted by Crippen LogP contribution is 2.34. The average Bonchev–Trinajstić information content (AvgIpc) is 3.01. The first kappa shape index (κ1) is 18.4. The molecule has 0 saturated carbocycles. The predicted molar refractivity (Wildman–Crippen MR) is 105 cm³/mol. The highest BCUT2D eigenvalue weighted by Gasteiger charge is 2.15. The van der Waals surface area contributed by atoms with E-state index in [-0.39, 0.29) is 6.10 Å². The second-order valence-corrected chi connectivity index (χ2v) is 7.56. The third-order valence-electron chi connectivity index (χ3n) is 3.88. The Kier molecular flexibility index (Phi) is 5.91. The first-order chi connectivity index (χ1) is 12.5. The Hall–Kier alpha value is -2.37. The van der Waals surface area contributed by atoms with Gasteiger partial charge in [-0.2, -0.15) is 0 Å². The topological polar surface area (TPSA) is 51.2 Å². The van der Waals surface area contributed by atoms with Gasteiger partial charge in [-0.3, -0.25) is 4.98 Å². The number of thiophene rings is 1. The third kappa shape index (κ3) is 4.62. The van der Waals surface area contributed by atoms with Gasteiger partial charge >= 0.3 is 6.09 Å². The van der Waals surface area contributed by atoms with Crippen LogP contribution in [0.25, 0.3) is 10.6 Å². The minimum absolute atomic E-state index is 0.319. The molecule has 0 aliphatic carbocycles. The molecule has 0 bridgehead atoms. The molecule has 134 valence electrons. The summed E-state index contributed by atoms with van der Waals surface area (Å²) in [6.45, 7) is 4.12. The fraction of sp³-hybridized carbons (Fsp3) is 0.200. The maximum atomic E-state index is 12.1. The Morgan fingerprint density at radius 1 is 1.23 bits per heavy atom. The van der Waals surface area contributed by atoms with Crippen molar-refractivity contribution in [2.24, 2.45) is 0 Å². The van der Waals surface area contributed by atoms with Crippen molar-refractivity contribution in [2.45, 2.75) is 26.5 Å². The van der Waals surface area contributed by atoms with Crippen LogP contribution in [0.4, 0.5) is 4.79 Å². The maximum Gasteiger partial charge on any atom is 0.408 e. The summed E-state index contributed by atoms with van der Waals surface area (Å²) in [5.41, 5.74) is 3.65. The molecule has 0 aliphatic rings. The Morgan fingerprint density at radius 2 is 2.00 bits per heavy atom. The van der Waals surface area contributed by atoms with Crippen LogP contribution < -0.4 is 5.32 Å². The zero-order chi connectivity index (χ0) is 18.5. The number of pyridine rings is 1. The van der Waals surface area contributed by atoms with E-state index in [9.17, 15) is 4.79 Å². The molecule has 0 unspecified atom stereocenters. The monoisotopic (exact) mass is 386 g/mol. The van der Waals surface area contributed by atoms with Crippen LogP contribution in [0.15, 0.2) is 54.6 Å². The fourth-order valence-electron chi connectivity index (χ4n) is 2.57. The molecule has 1 N–H and O–H groups in total. The molecule has 0 aliphatic heterocycles. The van der Waals surface area contributed by atoms with Gasteiger partial charge in [0.1, 0.15) is 6.10 Å². The number of alkyl carbamates (subject to hydrolysis) is 1. The molecule has 3 rings (SSSR count). The fourth-order valence-corrected chi connectivity index (χ4v) is 3.81. The second kappa shape index (κ2) is 8.34. The van der Waals surface area contributed by atoms with E-state index in [0.29, 0.717) is 10.9 Å². The zero-order valence-electron chi connectivity index (χ0n) is 14.5. The first-order valence-corrected chi connectivity index (χ1v) is 9.44. The lowest BCUT2D eigenvalue weighted by molar-refractivity contribution is 0.106. The smallest absolute Gasteiger partial charge is 0.408 e. The molecule has 1 amide bonds. The summed E-state index contributed by atoms with van der Waals surface area (Å²) in [5, 5.41) is 2.80. The number of aryl methyl sites for hydroxylation is 1. The molecule has 0 spiro atoms. The van der Waals surface area contributed by atoms with Crippen LogP contribution >= 0.6 is 22.9 Å². The van der Waals surface area contributed by atoms with E-state index in [2.05, 4.69) is 10.3 Å². The molecular weight excluding hydrogens is 368 g/mol. The van der Waals surface area contributed by atoms with Crippen molar-refractivity contribution in [3.63, 3.8) is 0 Å². The van der Waals surface area contributed by atoms with Crippen molar-refractivity contribution in [3.05, 3.63) is 75.8 Å². The van der Waals surface area contributed by atoms with Gasteiger partial charge in [0.2, 0.25) is 0 Å². The van der Waals surface area contributed by atoms with Crippen LogP contribution in [0.1, 0.15) is 29.8 Å². The number of aromatic nitrogens is 1.